The van der Waals surface area contributed by atoms with Gasteiger partial charge < -0.3 is 9.80 Å². The molecule has 3 heterocycles. The molecule has 3 aliphatic rings. The molecule has 13 rings (SSSR count). The molecular formula is C66H52N2O2SSi-. The molecule has 0 fully saturated rings. The predicted octanol–water partition coefficient (Wildman–Crippen LogP) is 13.8. The normalized spacial score (nSPS) is 16.0. The van der Waals surface area contributed by atoms with E-state index in [0.29, 0.717) is 9.79 Å². The van der Waals surface area contributed by atoms with Crippen molar-refractivity contribution in [2.75, 3.05) is 9.80 Å². The van der Waals surface area contributed by atoms with Gasteiger partial charge >= 0.3 is 0 Å². The monoisotopic (exact) mass is 964 g/mol. The van der Waals surface area contributed by atoms with Crippen molar-refractivity contribution in [3.8, 4) is 22.3 Å². The van der Waals surface area contributed by atoms with Gasteiger partial charge in [-0.15, -0.1) is 0 Å². The van der Waals surface area contributed by atoms with Gasteiger partial charge in [0, 0.05) is 32.0 Å². The van der Waals surface area contributed by atoms with Crippen LogP contribution >= 0.6 is 0 Å². The highest BCUT2D eigenvalue weighted by Gasteiger charge is 2.42. The van der Waals surface area contributed by atoms with Crippen LogP contribution in [0.15, 0.2) is 252 Å². The van der Waals surface area contributed by atoms with Gasteiger partial charge in [0.15, 0.2) is 0 Å². The number of nitrogens with zero attached hydrogens (tertiary/aromatic N) is 2. The fraction of sp³-hybridized carbons (Fsp3) is 0.0909. The lowest BCUT2D eigenvalue weighted by Crippen LogP contribution is -2.77. The first kappa shape index (κ1) is 43.9. The highest BCUT2D eigenvalue weighted by Crippen LogP contribution is 2.53. The first-order chi connectivity index (χ1) is 35.0. The minimum Gasteiger partial charge on any atom is -0.310 e. The maximum Gasteiger partial charge on any atom is 0.201 e. The van der Waals surface area contributed by atoms with Crippen molar-refractivity contribution in [1.82, 2.24) is 0 Å². The molecule has 0 spiro atoms. The van der Waals surface area contributed by atoms with E-state index in [1.807, 2.05) is 24.3 Å². The van der Waals surface area contributed by atoms with Crippen molar-refractivity contribution in [1.29, 1.82) is 0 Å². The molecule has 0 saturated carbocycles. The molecule has 6 heteroatoms. The first-order valence-corrected chi connectivity index (χ1v) is 28.3. The van der Waals surface area contributed by atoms with E-state index in [0.717, 1.165) is 77.1 Å². The Kier molecular flexibility index (Phi) is 9.92. The molecule has 0 unspecified atom stereocenters. The van der Waals surface area contributed by atoms with Crippen LogP contribution in [0.2, 0.25) is 0 Å². The van der Waals surface area contributed by atoms with Gasteiger partial charge in [0.2, 0.25) is 9.84 Å². The molecule has 0 amide bonds. The van der Waals surface area contributed by atoms with Crippen molar-refractivity contribution >= 4 is 72.8 Å². The SMILES string of the molecule is CC1(C)c2ccccc2N(c2ccc(-c3ccc4c(c3)S(=O)(=O)c3cc(-c5ccc(N6c7ccccc7C(C)(C)c7ccccc76)cc5)ccc3[Si-]4(c3ccccc3)c3ccccc3)cc2)c2ccccc21. The van der Waals surface area contributed by atoms with Crippen LogP contribution in [0.5, 0.6) is 0 Å². The van der Waals surface area contributed by atoms with Crippen LogP contribution in [0, 0.1) is 0 Å². The minimum absolute atomic E-state index is 0.161. The van der Waals surface area contributed by atoms with Crippen LogP contribution in [-0.2, 0) is 20.7 Å². The Hall–Kier alpha value is -8.03. The maximum atomic E-state index is 15.7. The summed E-state index contributed by atoms with van der Waals surface area (Å²) in [5.74, 6) is 0. The topological polar surface area (TPSA) is 40.6 Å². The second-order valence-corrected chi connectivity index (χ2v) is 26.1. The van der Waals surface area contributed by atoms with Crippen molar-refractivity contribution < 1.29 is 8.42 Å². The van der Waals surface area contributed by atoms with Crippen molar-refractivity contribution in [2.24, 2.45) is 0 Å². The molecule has 0 aromatic heterocycles. The zero-order chi connectivity index (χ0) is 49.0. The lowest BCUT2D eigenvalue weighted by atomic mass is 9.73. The summed E-state index contributed by atoms with van der Waals surface area (Å²) >= 11 is 0. The van der Waals surface area contributed by atoms with Crippen molar-refractivity contribution in [3.05, 3.63) is 265 Å². The largest absolute Gasteiger partial charge is 0.310 e. The lowest BCUT2D eigenvalue weighted by molar-refractivity contribution is 0.597. The molecule has 10 aromatic rings. The van der Waals surface area contributed by atoms with E-state index in [-0.39, 0.29) is 10.8 Å². The molecule has 0 atom stereocenters. The van der Waals surface area contributed by atoms with E-state index in [1.54, 1.807) is 0 Å². The fourth-order valence-electron chi connectivity index (χ4n) is 12.4. The first-order valence-electron chi connectivity index (χ1n) is 24.8. The third-order valence-corrected chi connectivity index (χ3v) is 23.0. The second kappa shape index (κ2) is 16.3. The van der Waals surface area contributed by atoms with E-state index in [4.69, 9.17) is 0 Å². The number of para-hydroxylation sites is 4. The molecule has 72 heavy (non-hydrogen) atoms. The summed E-state index contributed by atoms with van der Waals surface area (Å²) in [4.78, 5) is 5.45. The van der Waals surface area contributed by atoms with Crippen LogP contribution in [0.4, 0.5) is 34.1 Å². The highest BCUT2D eigenvalue weighted by atomic mass is 32.2. The molecule has 0 saturated heterocycles. The smallest absolute Gasteiger partial charge is 0.201 e. The van der Waals surface area contributed by atoms with Crippen LogP contribution in [0.3, 0.4) is 0 Å². The van der Waals surface area contributed by atoms with Crippen molar-refractivity contribution in [2.45, 2.75) is 48.3 Å². The quantitative estimate of drug-likeness (QED) is 0.156. The molecule has 4 nitrogen and oxygen atoms in total. The Bertz CT molecular complexity index is 3540. The van der Waals surface area contributed by atoms with E-state index in [1.165, 1.54) is 22.3 Å². The van der Waals surface area contributed by atoms with Gasteiger partial charge in [-0.05, 0) is 113 Å². The minimum atomic E-state index is -4.04. The Balaban J connectivity index is 0.940. The number of hydrogen-bond donors (Lipinski definition) is 0. The van der Waals surface area contributed by atoms with Gasteiger partial charge in [-0.2, -0.15) is 20.7 Å². The fourth-order valence-corrected chi connectivity index (χ4v) is 20.4. The van der Waals surface area contributed by atoms with E-state index < -0.39 is 17.9 Å². The van der Waals surface area contributed by atoms with Gasteiger partial charge in [-0.25, -0.2) is 8.42 Å². The summed E-state index contributed by atoms with van der Waals surface area (Å²) < 4.78 is 31.4. The Morgan fingerprint density at radius 3 is 0.958 bits per heavy atom. The summed E-state index contributed by atoms with van der Waals surface area (Å²) in [6.07, 6.45) is 0. The highest BCUT2D eigenvalue weighted by molar-refractivity contribution is 7.92. The number of anilines is 6. The Morgan fingerprint density at radius 1 is 0.333 bits per heavy atom. The Morgan fingerprint density at radius 2 is 0.625 bits per heavy atom. The van der Waals surface area contributed by atoms with E-state index in [2.05, 4.69) is 256 Å². The number of hydrogen-bond acceptors (Lipinski definition) is 4. The predicted molar refractivity (Wildman–Crippen MR) is 300 cm³/mol. The van der Waals surface area contributed by atoms with Gasteiger partial charge in [-0.1, -0.05) is 210 Å². The second-order valence-electron chi connectivity index (χ2n) is 20.5. The number of benzene rings is 10. The molecular weight excluding hydrogens is 913 g/mol. The Labute approximate surface area is 424 Å². The summed E-state index contributed by atoms with van der Waals surface area (Å²) in [6.45, 7) is 9.20. The van der Waals surface area contributed by atoms with Gasteiger partial charge in [0.1, 0.15) is 0 Å². The maximum absolute atomic E-state index is 15.7. The number of rotatable bonds is 6. The average molecular weight is 965 g/mol. The zero-order valence-corrected chi connectivity index (χ0v) is 42.5. The van der Waals surface area contributed by atoms with Gasteiger partial charge in [0.05, 0.1) is 22.7 Å². The zero-order valence-electron chi connectivity index (χ0n) is 40.7. The molecule has 0 aliphatic carbocycles. The van der Waals surface area contributed by atoms with Crippen molar-refractivity contribution in [3.63, 3.8) is 0 Å². The number of fused-ring (bicyclic) bond motifs is 6. The average Bonchev–Trinajstić information content (AvgIpc) is 3.42. The molecule has 0 radical (unpaired) electrons. The third kappa shape index (κ3) is 6.38. The molecule has 0 N–H and O–H groups in total. The molecule has 10 aromatic carbocycles. The summed E-state index contributed by atoms with van der Waals surface area (Å²) in [7, 11) is -7.26. The van der Waals surface area contributed by atoms with E-state index in [9.17, 15) is 0 Å². The summed E-state index contributed by atoms with van der Waals surface area (Å²) in [5.41, 5.74) is 15.1. The standard InChI is InChI=1S/C66H52N2O2SSi/c1-65(2)53-23-11-15-27-57(53)67(58-28-16-12-24-54(58)65)49-37-31-45(32-38-49)47-35-41-63-61(43-47)71(69,70)62-44-48(36-42-64(62)72(63,51-19-7-5-8-20-51)52-21-9-6-10-22-52)46-33-39-50(40-34-46)68-59-29-17-13-25-55(59)66(3,4)56-26-14-18-30-60(56)68/h5-44H,1-4H3/q-1. The third-order valence-electron chi connectivity index (χ3n) is 16.0. The van der Waals surface area contributed by atoms with Crippen LogP contribution < -0.4 is 30.5 Å². The molecule has 3 aliphatic heterocycles. The van der Waals surface area contributed by atoms with Crippen LogP contribution in [-0.4, -0.2) is 16.5 Å². The summed E-state index contributed by atoms with van der Waals surface area (Å²) in [6, 6.07) is 85.5. The lowest BCUT2D eigenvalue weighted by Gasteiger charge is -2.51. The van der Waals surface area contributed by atoms with Gasteiger partial charge in [-0.3, -0.25) is 0 Å². The van der Waals surface area contributed by atoms with E-state index >= 15 is 8.42 Å². The van der Waals surface area contributed by atoms with Crippen LogP contribution in [0.1, 0.15) is 49.9 Å². The molecule has 0 bridgehead atoms. The van der Waals surface area contributed by atoms with Gasteiger partial charge in [0.25, 0.3) is 0 Å². The van der Waals surface area contributed by atoms with Crippen LogP contribution in [0.25, 0.3) is 22.3 Å². The number of sulfone groups is 1. The molecule has 349 valence electrons. The summed E-state index contributed by atoms with van der Waals surface area (Å²) in [5, 5.41) is 4.02.